The number of benzene rings is 2. The Morgan fingerprint density at radius 2 is 1.53 bits per heavy atom. The number of hydrogen-bond acceptors (Lipinski definition) is 5. The maximum Gasteiger partial charge on any atom is 0.322 e. The standard InChI is InChI=1S/C20H17Cl2N5O2S/c21-12-3-7-14(8-4-12)23-17(28)19-26-25-18(30-19)16-2-1-11-27(16)20(29)24-15-9-5-13(22)6-10-15/h3-10,16H,1-2,11H2,(H,23,28)(H,24,29)/t16-/m1/s1. The highest BCUT2D eigenvalue weighted by Gasteiger charge is 2.33. The van der Waals surface area contributed by atoms with Crippen molar-refractivity contribution in [2.24, 2.45) is 0 Å². The predicted molar refractivity (Wildman–Crippen MR) is 118 cm³/mol. The van der Waals surface area contributed by atoms with Crippen LogP contribution in [0.3, 0.4) is 0 Å². The van der Waals surface area contributed by atoms with E-state index in [1.807, 2.05) is 0 Å². The number of halogens is 2. The lowest BCUT2D eigenvalue weighted by molar-refractivity contribution is 0.102. The normalized spacial score (nSPS) is 15.8. The number of rotatable bonds is 4. The van der Waals surface area contributed by atoms with E-state index in [9.17, 15) is 9.59 Å². The topological polar surface area (TPSA) is 87.2 Å². The van der Waals surface area contributed by atoms with Crippen LogP contribution >= 0.6 is 34.5 Å². The van der Waals surface area contributed by atoms with Crippen molar-refractivity contribution in [1.29, 1.82) is 0 Å². The summed E-state index contributed by atoms with van der Waals surface area (Å²) in [7, 11) is 0. The van der Waals surface area contributed by atoms with Gasteiger partial charge in [0, 0.05) is 28.0 Å². The van der Waals surface area contributed by atoms with E-state index < -0.39 is 0 Å². The molecule has 0 unspecified atom stereocenters. The van der Waals surface area contributed by atoms with E-state index in [1.54, 1.807) is 53.4 Å². The van der Waals surface area contributed by atoms with E-state index in [-0.39, 0.29) is 23.0 Å². The summed E-state index contributed by atoms with van der Waals surface area (Å²) in [6.07, 6.45) is 1.62. The van der Waals surface area contributed by atoms with Gasteiger partial charge in [0.05, 0.1) is 6.04 Å². The minimum Gasteiger partial charge on any atom is -0.320 e. The smallest absolute Gasteiger partial charge is 0.320 e. The number of nitrogens with zero attached hydrogens (tertiary/aromatic N) is 3. The van der Waals surface area contributed by atoms with Crippen LogP contribution in [0.2, 0.25) is 10.0 Å². The van der Waals surface area contributed by atoms with Crippen LogP contribution in [-0.4, -0.2) is 33.6 Å². The number of likely N-dealkylation sites (tertiary alicyclic amines) is 1. The lowest BCUT2D eigenvalue weighted by atomic mass is 10.2. The van der Waals surface area contributed by atoms with Gasteiger partial charge in [0.2, 0.25) is 5.01 Å². The van der Waals surface area contributed by atoms with E-state index in [1.165, 1.54) is 11.3 Å². The average Bonchev–Trinajstić information content (AvgIpc) is 3.40. The molecule has 10 heteroatoms. The summed E-state index contributed by atoms with van der Waals surface area (Å²) < 4.78 is 0. The fourth-order valence-corrected chi connectivity index (χ4v) is 4.31. The number of carbonyl (C=O) groups excluding carboxylic acids is 2. The van der Waals surface area contributed by atoms with Gasteiger partial charge in [-0.25, -0.2) is 4.79 Å². The van der Waals surface area contributed by atoms with E-state index in [2.05, 4.69) is 20.8 Å². The summed E-state index contributed by atoms with van der Waals surface area (Å²) in [6, 6.07) is 13.3. The number of amides is 3. The van der Waals surface area contributed by atoms with Crippen molar-refractivity contribution in [1.82, 2.24) is 15.1 Å². The Bertz CT molecular complexity index is 1060. The molecule has 1 saturated heterocycles. The van der Waals surface area contributed by atoms with Crippen molar-refractivity contribution in [3.63, 3.8) is 0 Å². The maximum atomic E-state index is 12.7. The highest BCUT2D eigenvalue weighted by Crippen LogP contribution is 2.34. The number of carbonyl (C=O) groups is 2. The average molecular weight is 462 g/mol. The lowest BCUT2D eigenvalue weighted by Crippen LogP contribution is -2.34. The van der Waals surface area contributed by atoms with Gasteiger partial charge >= 0.3 is 6.03 Å². The number of urea groups is 1. The zero-order valence-electron chi connectivity index (χ0n) is 15.6. The molecule has 3 amide bonds. The summed E-state index contributed by atoms with van der Waals surface area (Å²) in [5.41, 5.74) is 1.28. The highest BCUT2D eigenvalue weighted by molar-refractivity contribution is 7.13. The van der Waals surface area contributed by atoms with E-state index in [4.69, 9.17) is 23.2 Å². The molecule has 2 heterocycles. The molecular weight excluding hydrogens is 445 g/mol. The van der Waals surface area contributed by atoms with Crippen LogP contribution in [-0.2, 0) is 0 Å². The first kappa shape index (κ1) is 20.6. The van der Waals surface area contributed by atoms with Gasteiger partial charge in [-0.2, -0.15) is 0 Å². The molecule has 154 valence electrons. The fourth-order valence-electron chi connectivity index (χ4n) is 3.17. The second-order valence-electron chi connectivity index (χ2n) is 6.69. The van der Waals surface area contributed by atoms with E-state index in [0.29, 0.717) is 33.0 Å². The van der Waals surface area contributed by atoms with Crippen LogP contribution in [0.4, 0.5) is 16.2 Å². The molecular formula is C20H17Cl2N5O2S. The molecule has 1 atom stereocenters. The second-order valence-corrected chi connectivity index (χ2v) is 8.58. The third-order valence-electron chi connectivity index (χ3n) is 4.63. The first-order valence-corrected chi connectivity index (χ1v) is 10.8. The van der Waals surface area contributed by atoms with Crippen LogP contribution < -0.4 is 10.6 Å². The van der Waals surface area contributed by atoms with Crippen molar-refractivity contribution in [3.8, 4) is 0 Å². The number of nitrogens with one attached hydrogen (secondary N) is 2. The molecule has 2 aromatic carbocycles. The third-order valence-corrected chi connectivity index (χ3v) is 6.16. The molecule has 0 saturated carbocycles. The van der Waals surface area contributed by atoms with Crippen molar-refractivity contribution < 1.29 is 9.59 Å². The predicted octanol–water partition coefficient (Wildman–Crippen LogP) is 5.47. The van der Waals surface area contributed by atoms with Crippen LogP contribution in [0.25, 0.3) is 0 Å². The summed E-state index contributed by atoms with van der Waals surface area (Å²) in [5, 5.41) is 15.9. The maximum absolute atomic E-state index is 12.7. The van der Waals surface area contributed by atoms with Gasteiger partial charge < -0.3 is 15.5 Å². The largest absolute Gasteiger partial charge is 0.322 e. The van der Waals surface area contributed by atoms with E-state index >= 15 is 0 Å². The molecule has 2 N–H and O–H groups in total. The summed E-state index contributed by atoms with van der Waals surface area (Å²) in [6.45, 7) is 0.607. The molecule has 0 aliphatic carbocycles. The molecule has 4 rings (SSSR count). The Morgan fingerprint density at radius 3 is 2.17 bits per heavy atom. The molecule has 0 radical (unpaired) electrons. The molecule has 7 nitrogen and oxygen atoms in total. The third kappa shape index (κ3) is 4.72. The first-order chi connectivity index (χ1) is 14.5. The summed E-state index contributed by atoms with van der Waals surface area (Å²) in [4.78, 5) is 26.9. The molecule has 1 aliphatic rings. The Labute approximate surface area is 187 Å². The quantitative estimate of drug-likeness (QED) is 0.539. The first-order valence-electron chi connectivity index (χ1n) is 9.23. The molecule has 1 aromatic heterocycles. The van der Waals surface area contributed by atoms with Crippen molar-refractivity contribution >= 4 is 57.9 Å². The minimum atomic E-state index is -0.351. The van der Waals surface area contributed by atoms with Gasteiger partial charge in [-0.3, -0.25) is 4.79 Å². The van der Waals surface area contributed by atoms with Gasteiger partial charge in [0.1, 0.15) is 5.01 Å². The number of hydrogen-bond donors (Lipinski definition) is 2. The van der Waals surface area contributed by atoms with Crippen LogP contribution in [0, 0.1) is 0 Å². The Hall–Kier alpha value is -2.68. The number of anilines is 2. The highest BCUT2D eigenvalue weighted by atomic mass is 35.5. The van der Waals surface area contributed by atoms with Gasteiger partial charge in [-0.1, -0.05) is 34.5 Å². The Balaban J connectivity index is 1.43. The minimum absolute atomic E-state index is 0.216. The zero-order chi connectivity index (χ0) is 21.1. The van der Waals surface area contributed by atoms with Crippen molar-refractivity contribution in [2.45, 2.75) is 18.9 Å². The number of aromatic nitrogens is 2. The molecule has 3 aromatic rings. The van der Waals surface area contributed by atoms with Gasteiger partial charge in [0.25, 0.3) is 5.91 Å². The van der Waals surface area contributed by atoms with Gasteiger partial charge in [0.15, 0.2) is 0 Å². The summed E-state index contributed by atoms with van der Waals surface area (Å²) in [5.74, 6) is -0.351. The van der Waals surface area contributed by atoms with Gasteiger partial charge in [-0.05, 0) is 61.4 Å². The van der Waals surface area contributed by atoms with Crippen LogP contribution in [0.5, 0.6) is 0 Å². The summed E-state index contributed by atoms with van der Waals surface area (Å²) >= 11 is 12.9. The Kier molecular flexibility index (Phi) is 6.17. The monoisotopic (exact) mass is 461 g/mol. The van der Waals surface area contributed by atoms with Crippen molar-refractivity contribution in [2.75, 3.05) is 17.2 Å². The van der Waals surface area contributed by atoms with Crippen LogP contribution in [0.1, 0.15) is 33.7 Å². The van der Waals surface area contributed by atoms with Crippen molar-refractivity contribution in [3.05, 3.63) is 68.6 Å². The Morgan fingerprint density at radius 1 is 0.933 bits per heavy atom. The zero-order valence-corrected chi connectivity index (χ0v) is 18.0. The molecule has 0 bridgehead atoms. The van der Waals surface area contributed by atoms with Crippen LogP contribution in [0.15, 0.2) is 48.5 Å². The molecule has 1 fully saturated rings. The van der Waals surface area contributed by atoms with Gasteiger partial charge in [-0.15, -0.1) is 10.2 Å². The van der Waals surface area contributed by atoms with E-state index in [0.717, 1.165) is 12.8 Å². The molecule has 30 heavy (non-hydrogen) atoms. The lowest BCUT2D eigenvalue weighted by Gasteiger charge is -2.23. The SMILES string of the molecule is O=C(Nc1ccc(Cl)cc1)c1nnc([C@H]2CCCN2C(=O)Nc2ccc(Cl)cc2)s1. The fraction of sp³-hybridized carbons (Fsp3) is 0.200. The second kappa shape index (κ2) is 8.99. The molecule has 0 spiro atoms. The molecule has 1 aliphatic heterocycles.